The van der Waals surface area contributed by atoms with E-state index in [-0.39, 0.29) is 55.9 Å². The standard InChI is InChI=1S/C7H17NO5S.Na/c1-7(6-14(11,12)13)8(2-4-9)3-5-10;/h7,9-10H,2-6H2,1H3,(H,11,12,13);. The van der Waals surface area contributed by atoms with Gasteiger partial charge in [0.25, 0.3) is 10.1 Å². The second kappa shape index (κ2) is 8.89. The molecule has 0 aromatic rings. The Balaban J connectivity index is 0. The van der Waals surface area contributed by atoms with Gasteiger partial charge in [0, 0.05) is 48.7 Å². The predicted octanol–water partition coefficient (Wildman–Crippen LogP) is -1.83. The molecule has 0 heterocycles. The maximum Gasteiger partial charge on any atom is 0.266 e. The Bertz CT molecular complexity index is 240. The SMILES string of the molecule is CC(CS(=O)(=O)O)N(CCO)CCO.[Na]. The quantitative estimate of drug-likeness (QED) is 0.363. The molecule has 0 aliphatic carbocycles. The van der Waals surface area contributed by atoms with Crippen LogP contribution in [0, 0.1) is 0 Å². The zero-order valence-electron chi connectivity index (χ0n) is 9.13. The molecule has 0 aromatic carbocycles. The fourth-order valence-corrected chi connectivity index (χ4v) is 2.04. The van der Waals surface area contributed by atoms with Gasteiger partial charge in [-0.3, -0.25) is 9.45 Å². The van der Waals surface area contributed by atoms with Crippen LogP contribution in [-0.2, 0) is 10.1 Å². The molecule has 8 heteroatoms. The summed E-state index contributed by atoms with van der Waals surface area (Å²) < 4.78 is 29.7. The molecular formula is C7H17NNaO5S. The Hall–Kier alpha value is 0.790. The Labute approximate surface area is 112 Å². The zero-order chi connectivity index (χ0) is 11.2. The van der Waals surface area contributed by atoms with Crippen LogP contribution in [0.4, 0.5) is 0 Å². The summed E-state index contributed by atoms with van der Waals surface area (Å²) in [6.07, 6.45) is 0. The molecule has 0 rings (SSSR count). The molecule has 15 heavy (non-hydrogen) atoms. The van der Waals surface area contributed by atoms with Crippen molar-refractivity contribution >= 4 is 39.7 Å². The molecular weight excluding hydrogens is 233 g/mol. The third kappa shape index (κ3) is 9.70. The normalized spacial score (nSPS) is 13.7. The molecule has 0 aliphatic rings. The van der Waals surface area contributed by atoms with Crippen molar-refractivity contribution < 1.29 is 23.2 Å². The molecule has 6 nitrogen and oxygen atoms in total. The van der Waals surface area contributed by atoms with Crippen LogP contribution < -0.4 is 0 Å². The summed E-state index contributed by atoms with van der Waals surface area (Å²) in [4.78, 5) is 1.59. The fraction of sp³-hybridized carbons (Fsp3) is 1.00. The first-order valence-corrected chi connectivity index (χ1v) is 5.92. The van der Waals surface area contributed by atoms with Gasteiger partial charge in [-0.2, -0.15) is 8.42 Å². The summed E-state index contributed by atoms with van der Waals surface area (Å²) in [7, 11) is -4.01. The summed E-state index contributed by atoms with van der Waals surface area (Å²) in [6, 6.07) is -0.427. The summed E-state index contributed by atoms with van der Waals surface area (Å²) in [5.41, 5.74) is 0. The van der Waals surface area contributed by atoms with E-state index in [9.17, 15) is 8.42 Å². The van der Waals surface area contributed by atoms with Gasteiger partial charge in [-0.15, -0.1) is 0 Å². The van der Waals surface area contributed by atoms with E-state index in [1.165, 1.54) is 0 Å². The number of hydrogen-bond acceptors (Lipinski definition) is 5. The van der Waals surface area contributed by atoms with Crippen molar-refractivity contribution in [3.05, 3.63) is 0 Å². The van der Waals surface area contributed by atoms with Crippen LogP contribution >= 0.6 is 0 Å². The van der Waals surface area contributed by atoms with E-state index in [0.29, 0.717) is 0 Å². The van der Waals surface area contributed by atoms with Crippen LogP contribution in [0.1, 0.15) is 6.92 Å². The third-order valence-electron chi connectivity index (χ3n) is 1.85. The van der Waals surface area contributed by atoms with Gasteiger partial charge >= 0.3 is 0 Å². The Morgan fingerprint density at radius 3 is 1.87 bits per heavy atom. The van der Waals surface area contributed by atoms with Crippen molar-refractivity contribution in [1.29, 1.82) is 0 Å². The molecule has 1 atom stereocenters. The molecule has 0 bridgehead atoms. The Kier molecular flexibility index (Phi) is 10.8. The van der Waals surface area contributed by atoms with E-state index in [0.717, 1.165) is 0 Å². The van der Waals surface area contributed by atoms with Gasteiger partial charge in [-0.25, -0.2) is 0 Å². The van der Waals surface area contributed by atoms with Crippen LogP contribution in [0.25, 0.3) is 0 Å². The minimum Gasteiger partial charge on any atom is -0.395 e. The molecule has 0 spiro atoms. The van der Waals surface area contributed by atoms with Gasteiger partial charge in [-0.1, -0.05) is 0 Å². The van der Waals surface area contributed by atoms with Crippen molar-refractivity contribution in [2.75, 3.05) is 32.1 Å². The molecule has 0 fully saturated rings. The molecule has 0 aromatic heterocycles. The molecule has 0 amide bonds. The summed E-state index contributed by atoms with van der Waals surface area (Å²) in [6.45, 7) is 1.93. The van der Waals surface area contributed by atoms with E-state index in [2.05, 4.69) is 0 Å². The molecule has 87 valence electrons. The molecule has 3 N–H and O–H groups in total. The van der Waals surface area contributed by atoms with Crippen LogP contribution in [0.15, 0.2) is 0 Å². The molecule has 1 unspecified atom stereocenters. The summed E-state index contributed by atoms with van der Waals surface area (Å²) >= 11 is 0. The molecule has 0 aliphatic heterocycles. The average Bonchev–Trinajstić information content (AvgIpc) is 2.01. The van der Waals surface area contributed by atoms with E-state index in [1.54, 1.807) is 11.8 Å². The van der Waals surface area contributed by atoms with Crippen molar-refractivity contribution in [2.45, 2.75) is 13.0 Å². The van der Waals surface area contributed by atoms with Gasteiger partial charge in [0.15, 0.2) is 0 Å². The number of nitrogens with zero attached hydrogens (tertiary/aromatic N) is 1. The Morgan fingerprint density at radius 2 is 1.60 bits per heavy atom. The number of hydrogen-bond donors (Lipinski definition) is 3. The van der Waals surface area contributed by atoms with Crippen molar-refractivity contribution in [3.8, 4) is 0 Å². The van der Waals surface area contributed by atoms with Crippen molar-refractivity contribution in [3.63, 3.8) is 0 Å². The van der Waals surface area contributed by atoms with E-state index in [4.69, 9.17) is 14.8 Å². The fourth-order valence-electron chi connectivity index (χ4n) is 1.22. The van der Waals surface area contributed by atoms with Crippen LogP contribution in [0.3, 0.4) is 0 Å². The first-order chi connectivity index (χ1) is 6.40. The first-order valence-electron chi connectivity index (χ1n) is 4.31. The minimum atomic E-state index is -4.01. The van der Waals surface area contributed by atoms with Crippen molar-refractivity contribution in [1.82, 2.24) is 4.90 Å². The first kappa shape index (κ1) is 18.2. The van der Waals surface area contributed by atoms with Crippen LogP contribution in [-0.4, -0.2) is 95.7 Å². The maximum absolute atomic E-state index is 10.6. The van der Waals surface area contributed by atoms with Crippen LogP contribution in [0.2, 0.25) is 0 Å². The smallest absolute Gasteiger partial charge is 0.266 e. The zero-order valence-corrected chi connectivity index (χ0v) is 11.9. The average molecular weight is 250 g/mol. The minimum absolute atomic E-state index is 0. The van der Waals surface area contributed by atoms with Gasteiger partial charge in [0.05, 0.1) is 19.0 Å². The van der Waals surface area contributed by atoms with Gasteiger partial charge in [0.1, 0.15) is 0 Å². The Morgan fingerprint density at radius 1 is 1.20 bits per heavy atom. The largest absolute Gasteiger partial charge is 0.395 e. The topological polar surface area (TPSA) is 98.1 Å². The maximum atomic E-state index is 10.6. The van der Waals surface area contributed by atoms with E-state index < -0.39 is 21.9 Å². The van der Waals surface area contributed by atoms with Gasteiger partial charge < -0.3 is 10.2 Å². The summed E-state index contributed by atoms with van der Waals surface area (Å²) in [5, 5.41) is 17.4. The molecule has 1 radical (unpaired) electrons. The second-order valence-electron chi connectivity index (χ2n) is 3.08. The molecule has 0 saturated heterocycles. The number of aliphatic hydroxyl groups is 2. The number of aliphatic hydroxyl groups excluding tert-OH is 2. The van der Waals surface area contributed by atoms with Gasteiger partial charge in [0.2, 0.25) is 0 Å². The third-order valence-corrected chi connectivity index (χ3v) is 2.75. The molecule has 0 saturated carbocycles. The monoisotopic (exact) mass is 250 g/mol. The van der Waals surface area contributed by atoms with E-state index >= 15 is 0 Å². The summed E-state index contributed by atoms with van der Waals surface area (Å²) in [5.74, 6) is -0.396. The van der Waals surface area contributed by atoms with Gasteiger partial charge in [-0.05, 0) is 6.92 Å². The van der Waals surface area contributed by atoms with Crippen molar-refractivity contribution in [2.24, 2.45) is 0 Å². The van der Waals surface area contributed by atoms with Crippen LogP contribution in [0.5, 0.6) is 0 Å². The van der Waals surface area contributed by atoms with E-state index in [1.807, 2.05) is 0 Å². The second-order valence-corrected chi connectivity index (χ2v) is 4.58. The number of rotatable bonds is 7. The predicted molar refractivity (Wildman–Crippen MR) is 57.4 cm³/mol.